The highest BCUT2D eigenvalue weighted by molar-refractivity contribution is 6.08. The first kappa shape index (κ1) is 19.5. The fraction of sp³-hybridized carbons (Fsp3) is 0.250. The molecule has 0 aromatic heterocycles. The maximum atomic E-state index is 11.6. The Morgan fingerprint density at radius 3 is 2.60 bits per heavy atom. The Bertz CT molecular complexity index is 736. The minimum Gasteiger partial charge on any atom is -0.493 e. The molecular weight excluding hydrogens is 330 g/mol. The smallest absolute Gasteiger partial charge is 0.344 e. The van der Waals surface area contributed by atoms with Crippen LogP contribution in [0, 0.1) is 11.3 Å². The van der Waals surface area contributed by atoms with Crippen LogP contribution in [0.2, 0.25) is 0 Å². The number of nitrogens with two attached hydrogens (primary N) is 1. The number of methoxy groups -OCH3 is 1. The minimum atomic E-state index is -1.06. The highest BCUT2D eigenvalue weighted by atomic mass is 16.6. The normalized spacial score (nSPS) is 10.4. The summed E-state index contributed by atoms with van der Waals surface area (Å²) in [6.45, 7) is 1.64. The van der Waals surface area contributed by atoms with Crippen molar-refractivity contribution in [3.05, 3.63) is 29.3 Å². The number of carbonyl (C=O) groups excluding carboxylic acids is 3. The summed E-state index contributed by atoms with van der Waals surface area (Å²) in [7, 11) is 1.39. The van der Waals surface area contributed by atoms with Gasteiger partial charge in [-0.1, -0.05) is 6.07 Å². The number of nitrogens with zero attached hydrogens (tertiary/aromatic N) is 1. The molecule has 0 heterocycles. The number of urea groups is 1. The van der Waals surface area contributed by atoms with Crippen molar-refractivity contribution in [3.63, 3.8) is 0 Å². The number of primary amides is 1. The predicted octanol–water partition coefficient (Wildman–Crippen LogP) is 0.739. The Labute approximate surface area is 143 Å². The number of esters is 1. The van der Waals surface area contributed by atoms with Gasteiger partial charge in [0.25, 0.3) is 5.91 Å². The van der Waals surface area contributed by atoms with Crippen LogP contribution in [0.1, 0.15) is 12.5 Å². The highest BCUT2D eigenvalue weighted by Crippen LogP contribution is 2.29. The van der Waals surface area contributed by atoms with Crippen LogP contribution in [0.4, 0.5) is 4.79 Å². The quantitative estimate of drug-likeness (QED) is 0.421. The summed E-state index contributed by atoms with van der Waals surface area (Å²) in [6.07, 6.45) is 1.25. The zero-order chi connectivity index (χ0) is 18.8. The summed E-state index contributed by atoms with van der Waals surface area (Å²) < 4.78 is 15.2. The van der Waals surface area contributed by atoms with E-state index < -0.39 is 17.9 Å². The van der Waals surface area contributed by atoms with Crippen molar-refractivity contribution in [2.24, 2.45) is 5.73 Å². The third kappa shape index (κ3) is 6.23. The lowest BCUT2D eigenvalue weighted by atomic mass is 10.1. The van der Waals surface area contributed by atoms with Gasteiger partial charge in [-0.15, -0.1) is 0 Å². The maximum Gasteiger partial charge on any atom is 0.344 e. The number of imide groups is 1. The Kier molecular flexibility index (Phi) is 7.46. The van der Waals surface area contributed by atoms with E-state index in [1.54, 1.807) is 18.3 Å². The van der Waals surface area contributed by atoms with Crippen molar-refractivity contribution in [3.8, 4) is 17.6 Å². The molecule has 0 atom stereocenters. The molecule has 132 valence electrons. The molecule has 0 saturated heterocycles. The van der Waals surface area contributed by atoms with Crippen LogP contribution >= 0.6 is 0 Å². The van der Waals surface area contributed by atoms with Crippen molar-refractivity contribution in [2.45, 2.75) is 6.92 Å². The Balaban J connectivity index is 2.98. The van der Waals surface area contributed by atoms with Crippen LogP contribution in [0.3, 0.4) is 0 Å². The number of benzene rings is 1. The molecule has 0 aliphatic carbocycles. The molecule has 25 heavy (non-hydrogen) atoms. The molecule has 0 unspecified atom stereocenters. The van der Waals surface area contributed by atoms with Gasteiger partial charge in [-0.05, 0) is 30.7 Å². The van der Waals surface area contributed by atoms with E-state index in [0.29, 0.717) is 5.56 Å². The first-order chi connectivity index (χ1) is 11.9. The fourth-order valence-electron chi connectivity index (χ4n) is 1.73. The van der Waals surface area contributed by atoms with Gasteiger partial charge in [-0.3, -0.25) is 10.1 Å². The Hall–Kier alpha value is -3.54. The van der Waals surface area contributed by atoms with Crippen molar-refractivity contribution < 1.29 is 28.6 Å². The maximum absolute atomic E-state index is 11.6. The van der Waals surface area contributed by atoms with E-state index in [4.69, 9.17) is 25.2 Å². The van der Waals surface area contributed by atoms with Gasteiger partial charge in [-0.25, -0.2) is 9.59 Å². The second-order valence-corrected chi connectivity index (χ2v) is 4.49. The average Bonchev–Trinajstić information content (AvgIpc) is 2.57. The van der Waals surface area contributed by atoms with Crippen molar-refractivity contribution in [2.75, 3.05) is 20.3 Å². The first-order valence-corrected chi connectivity index (χ1v) is 7.10. The summed E-state index contributed by atoms with van der Waals surface area (Å²) in [4.78, 5) is 33.6. The van der Waals surface area contributed by atoms with Gasteiger partial charge in [0, 0.05) is 0 Å². The van der Waals surface area contributed by atoms with Crippen LogP contribution in [0.5, 0.6) is 11.5 Å². The van der Waals surface area contributed by atoms with Gasteiger partial charge in [0.2, 0.25) is 0 Å². The number of nitrogens with one attached hydrogen (secondary N) is 1. The summed E-state index contributed by atoms with van der Waals surface area (Å²) in [5.74, 6) is -0.876. The Morgan fingerprint density at radius 2 is 2.04 bits per heavy atom. The molecular formula is C16H17N3O6. The number of rotatable bonds is 7. The molecule has 3 amide bonds. The molecule has 0 fully saturated rings. The lowest BCUT2D eigenvalue weighted by Gasteiger charge is -2.11. The molecule has 0 radical (unpaired) electrons. The molecule has 9 heteroatoms. The molecule has 9 nitrogen and oxygen atoms in total. The van der Waals surface area contributed by atoms with Gasteiger partial charge in [0.15, 0.2) is 18.1 Å². The number of nitriles is 1. The average molecular weight is 347 g/mol. The fourth-order valence-corrected chi connectivity index (χ4v) is 1.73. The SMILES string of the molecule is CCOC(=O)COc1ccc(/C=C(/C#N)C(=O)NC(N)=O)cc1OC. The Morgan fingerprint density at radius 1 is 1.32 bits per heavy atom. The molecule has 0 spiro atoms. The van der Waals surface area contributed by atoms with E-state index in [9.17, 15) is 14.4 Å². The largest absolute Gasteiger partial charge is 0.493 e. The van der Waals surface area contributed by atoms with E-state index in [1.807, 2.05) is 0 Å². The van der Waals surface area contributed by atoms with Crippen LogP contribution in [-0.2, 0) is 14.3 Å². The van der Waals surface area contributed by atoms with Crippen molar-refractivity contribution in [1.29, 1.82) is 5.26 Å². The van der Waals surface area contributed by atoms with Crippen LogP contribution in [0.15, 0.2) is 23.8 Å². The second kappa shape index (κ2) is 9.57. The molecule has 1 aromatic rings. The van der Waals surface area contributed by atoms with Crippen LogP contribution in [0.25, 0.3) is 6.08 Å². The minimum absolute atomic E-state index is 0.243. The van der Waals surface area contributed by atoms with Crippen LogP contribution < -0.4 is 20.5 Å². The second-order valence-electron chi connectivity index (χ2n) is 4.49. The molecule has 1 aromatic carbocycles. The molecule has 0 aliphatic rings. The van der Waals surface area contributed by atoms with E-state index in [2.05, 4.69) is 0 Å². The topological polar surface area (TPSA) is 141 Å². The predicted molar refractivity (Wildman–Crippen MR) is 86.4 cm³/mol. The van der Waals surface area contributed by atoms with E-state index in [0.717, 1.165) is 0 Å². The number of amides is 3. The van der Waals surface area contributed by atoms with E-state index in [-0.39, 0.29) is 30.3 Å². The number of hydrogen-bond donors (Lipinski definition) is 2. The van der Waals surface area contributed by atoms with Gasteiger partial charge in [0.1, 0.15) is 11.6 Å². The van der Waals surface area contributed by atoms with Crippen molar-refractivity contribution >= 4 is 24.0 Å². The van der Waals surface area contributed by atoms with E-state index in [1.165, 1.54) is 31.4 Å². The summed E-state index contributed by atoms with van der Waals surface area (Å²) >= 11 is 0. The molecule has 0 aliphatic heterocycles. The lowest BCUT2D eigenvalue weighted by molar-refractivity contribution is -0.145. The third-order valence-electron chi connectivity index (χ3n) is 2.75. The number of hydrogen-bond acceptors (Lipinski definition) is 7. The summed E-state index contributed by atoms with van der Waals surface area (Å²) in [5.41, 5.74) is 4.96. The zero-order valence-corrected chi connectivity index (χ0v) is 13.7. The van der Waals surface area contributed by atoms with E-state index >= 15 is 0 Å². The van der Waals surface area contributed by atoms with Gasteiger partial charge in [0.05, 0.1) is 13.7 Å². The number of ether oxygens (including phenoxy) is 3. The van der Waals surface area contributed by atoms with Gasteiger partial charge >= 0.3 is 12.0 Å². The highest BCUT2D eigenvalue weighted by Gasteiger charge is 2.13. The monoisotopic (exact) mass is 347 g/mol. The molecule has 0 bridgehead atoms. The summed E-state index contributed by atoms with van der Waals surface area (Å²) in [5, 5.41) is 10.8. The van der Waals surface area contributed by atoms with Crippen LogP contribution in [-0.4, -0.2) is 38.2 Å². The first-order valence-electron chi connectivity index (χ1n) is 7.10. The van der Waals surface area contributed by atoms with Gasteiger partial charge in [-0.2, -0.15) is 5.26 Å². The standard InChI is InChI=1S/C16H17N3O6/c1-3-24-14(20)9-25-12-5-4-10(7-13(12)23-2)6-11(8-17)15(21)19-16(18)22/h4-7H,3,9H2,1-2H3,(H3,18,19,21,22)/b11-6-. The third-order valence-corrected chi connectivity index (χ3v) is 2.75. The molecule has 1 rings (SSSR count). The lowest BCUT2D eigenvalue weighted by Crippen LogP contribution is -2.35. The summed E-state index contributed by atoms with van der Waals surface area (Å²) in [6, 6.07) is 5.15. The zero-order valence-electron chi connectivity index (χ0n) is 13.7. The van der Waals surface area contributed by atoms with Crippen molar-refractivity contribution in [1.82, 2.24) is 5.32 Å². The molecule has 3 N–H and O–H groups in total. The van der Waals surface area contributed by atoms with Gasteiger partial charge < -0.3 is 19.9 Å². The molecule has 0 saturated carbocycles. The number of carbonyl (C=O) groups is 3.